The van der Waals surface area contributed by atoms with Gasteiger partial charge in [0.1, 0.15) is 0 Å². The second kappa shape index (κ2) is 6.21. The number of hydrogen-bond donors (Lipinski definition) is 1. The van der Waals surface area contributed by atoms with Crippen molar-refractivity contribution in [2.75, 3.05) is 13.6 Å². The summed E-state index contributed by atoms with van der Waals surface area (Å²) in [4.78, 5) is 25.6. The highest BCUT2D eigenvalue weighted by Crippen LogP contribution is 2.22. The average molecular weight is 299 g/mol. The lowest BCUT2D eigenvalue weighted by atomic mass is 10.3. The first kappa shape index (κ1) is 14.1. The van der Waals surface area contributed by atoms with Gasteiger partial charge < -0.3 is 10.2 Å². The van der Waals surface area contributed by atoms with Crippen LogP contribution in [-0.2, 0) is 9.59 Å². The van der Waals surface area contributed by atoms with Gasteiger partial charge in [-0.1, -0.05) is 11.6 Å². The maximum atomic E-state index is 11.8. The van der Waals surface area contributed by atoms with Crippen LogP contribution in [0, 0.1) is 0 Å². The number of halogens is 1. The first-order valence-corrected chi connectivity index (χ1v) is 7.22. The van der Waals surface area contributed by atoms with E-state index in [-0.39, 0.29) is 18.4 Å². The van der Waals surface area contributed by atoms with Gasteiger partial charge in [0.15, 0.2) is 0 Å². The van der Waals surface area contributed by atoms with E-state index in [1.54, 1.807) is 19.2 Å². The van der Waals surface area contributed by atoms with Crippen LogP contribution in [0.1, 0.15) is 17.7 Å². The van der Waals surface area contributed by atoms with Crippen LogP contribution >= 0.6 is 22.9 Å². The molecule has 2 rings (SSSR count). The fraction of sp³-hybridized carbons (Fsp3) is 0.385. The van der Waals surface area contributed by atoms with Crippen LogP contribution in [0.5, 0.6) is 0 Å². The average Bonchev–Trinajstić information content (AvgIpc) is 3.06. The van der Waals surface area contributed by atoms with Gasteiger partial charge >= 0.3 is 0 Å². The maximum Gasteiger partial charge on any atom is 0.246 e. The second-order valence-corrected chi connectivity index (χ2v) is 6.26. The van der Waals surface area contributed by atoms with Gasteiger partial charge in [-0.2, -0.15) is 0 Å². The Morgan fingerprint density at radius 3 is 2.84 bits per heavy atom. The third-order valence-electron chi connectivity index (χ3n) is 2.68. The smallest absolute Gasteiger partial charge is 0.246 e. The molecule has 0 atom stereocenters. The molecule has 0 aromatic carbocycles. The van der Waals surface area contributed by atoms with E-state index < -0.39 is 0 Å². The molecule has 6 heteroatoms. The Morgan fingerprint density at radius 1 is 1.53 bits per heavy atom. The molecule has 0 radical (unpaired) electrons. The Labute approximate surface area is 121 Å². The molecule has 19 heavy (non-hydrogen) atoms. The maximum absolute atomic E-state index is 11.8. The molecule has 102 valence electrons. The lowest BCUT2D eigenvalue weighted by molar-refractivity contribution is -0.131. The lowest BCUT2D eigenvalue weighted by Gasteiger charge is -2.14. The molecular formula is C13H15ClN2O2S. The summed E-state index contributed by atoms with van der Waals surface area (Å²) in [5.74, 6) is -0.304. The van der Waals surface area contributed by atoms with Crippen LogP contribution < -0.4 is 5.32 Å². The number of rotatable bonds is 5. The molecule has 1 fully saturated rings. The van der Waals surface area contributed by atoms with Crippen LogP contribution in [0.2, 0.25) is 4.34 Å². The number of likely N-dealkylation sites (N-methyl/N-ethyl adjacent to an activating group) is 1. The molecule has 1 saturated carbocycles. The third-order valence-corrected chi connectivity index (χ3v) is 3.88. The summed E-state index contributed by atoms with van der Waals surface area (Å²) in [6, 6.07) is 3.94. The zero-order valence-corrected chi connectivity index (χ0v) is 12.1. The second-order valence-electron chi connectivity index (χ2n) is 4.51. The number of nitrogens with zero attached hydrogens (tertiary/aromatic N) is 1. The van der Waals surface area contributed by atoms with Crippen molar-refractivity contribution in [3.8, 4) is 0 Å². The molecule has 1 N–H and O–H groups in total. The normalized spacial score (nSPS) is 14.6. The Kier molecular flexibility index (Phi) is 4.61. The predicted octanol–water partition coefficient (Wildman–Crippen LogP) is 2.15. The summed E-state index contributed by atoms with van der Waals surface area (Å²) in [5, 5.41) is 2.84. The van der Waals surface area contributed by atoms with Crippen LogP contribution in [-0.4, -0.2) is 36.3 Å². The Morgan fingerprint density at radius 2 is 2.26 bits per heavy atom. The van der Waals surface area contributed by atoms with Gasteiger partial charge in [0, 0.05) is 24.0 Å². The van der Waals surface area contributed by atoms with Crippen molar-refractivity contribution < 1.29 is 9.59 Å². The van der Waals surface area contributed by atoms with Crippen molar-refractivity contribution >= 4 is 40.8 Å². The largest absolute Gasteiger partial charge is 0.352 e. The van der Waals surface area contributed by atoms with E-state index >= 15 is 0 Å². The van der Waals surface area contributed by atoms with Crippen molar-refractivity contribution in [2.24, 2.45) is 0 Å². The van der Waals surface area contributed by atoms with Gasteiger partial charge in [-0.15, -0.1) is 11.3 Å². The minimum absolute atomic E-state index is 0.0882. The topological polar surface area (TPSA) is 49.4 Å². The van der Waals surface area contributed by atoms with Gasteiger partial charge in [0.05, 0.1) is 10.9 Å². The number of nitrogens with one attached hydrogen (secondary N) is 1. The zero-order valence-electron chi connectivity index (χ0n) is 10.6. The van der Waals surface area contributed by atoms with E-state index in [9.17, 15) is 9.59 Å². The standard InChI is InChI=1S/C13H15ClN2O2S/c1-16(8-12(17)15-9-2-3-9)13(18)7-5-10-4-6-11(14)19-10/h4-7,9H,2-3,8H2,1H3,(H,15,17)/b7-5+. The molecule has 1 aromatic rings. The molecule has 0 saturated heterocycles. The minimum atomic E-state index is -0.199. The van der Waals surface area contributed by atoms with Gasteiger partial charge in [-0.25, -0.2) is 0 Å². The Balaban J connectivity index is 1.80. The molecule has 2 amide bonds. The minimum Gasteiger partial charge on any atom is -0.352 e. The molecule has 1 aliphatic rings. The van der Waals surface area contributed by atoms with E-state index in [4.69, 9.17) is 11.6 Å². The van der Waals surface area contributed by atoms with Crippen molar-refractivity contribution in [1.82, 2.24) is 10.2 Å². The predicted molar refractivity (Wildman–Crippen MR) is 77.2 cm³/mol. The van der Waals surface area contributed by atoms with Crippen molar-refractivity contribution in [3.63, 3.8) is 0 Å². The summed E-state index contributed by atoms with van der Waals surface area (Å²) in [6.07, 6.45) is 5.24. The van der Waals surface area contributed by atoms with Crippen molar-refractivity contribution in [2.45, 2.75) is 18.9 Å². The zero-order chi connectivity index (χ0) is 13.8. The van der Waals surface area contributed by atoms with Crippen molar-refractivity contribution in [1.29, 1.82) is 0 Å². The third kappa shape index (κ3) is 4.69. The fourth-order valence-electron chi connectivity index (χ4n) is 1.49. The van der Waals surface area contributed by atoms with E-state index in [1.807, 2.05) is 6.07 Å². The number of carbonyl (C=O) groups excluding carboxylic acids is 2. The Hall–Kier alpha value is -1.33. The highest BCUT2D eigenvalue weighted by Gasteiger charge is 2.23. The molecular weight excluding hydrogens is 284 g/mol. The van der Waals surface area contributed by atoms with Crippen LogP contribution in [0.3, 0.4) is 0 Å². The van der Waals surface area contributed by atoms with Gasteiger partial charge in [0.25, 0.3) is 0 Å². The first-order valence-electron chi connectivity index (χ1n) is 6.02. The summed E-state index contributed by atoms with van der Waals surface area (Å²) < 4.78 is 0.685. The molecule has 0 unspecified atom stereocenters. The summed E-state index contributed by atoms with van der Waals surface area (Å²) >= 11 is 7.20. The molecule has 4 nitrogen and oxygen atoms in total. The Bertz CT molecular complexity index is 508. The van der Waals surface area contributed by atoms with Gasteiger partial charge in [0.2, 0.25) is 11.8 Å². The number of carbonyl (C=O) groups is 2. The van der Waals surface area contributed by atoms with Crippen LogP contribution in [0.25, 0.3) is 6.08 Å². The lowest BCUT2D eigenvalue weighted by Crippen LogP contribution is -2.38. The van der Waals surface area contributed by atoms with Gasteiger partial charge in [-0.05, 0) is 31.1 Å². The number of hydrogen-bond acceptors (Lipinski definition) is 3. The van der Waals surface area contributed by atoms with Gasteiger partial charge in [-0.3, -0.25) is 9.59 Å². The molecule has 0 aliphatic heterocycles. The van der Waals surface area contributed by atoms with Crippen LogP contribution in [0.4, 0.5) is 0 Å². The van der Waals surface area contributed by atoms with E-state index in [2.05, 4.69) is 5.32 Å². The summed E-state index contributed by atoms with van der Waals surface area (Å²) in [6.45, 7) is 0.0882. The van der Waals surface area contributed by atoms with E-state index in [1.165, 1.54) is 22.3 Å². The van der Waals surface area contributed by atoms with Crippen molar-refractivity contribution in [3.05, 3.63) is 27.4 Å². The summed E-state index contributed by atoms with van der Waals surface area (Å²) in [5.41, 5.74) is 0. The highest BCUT2D eigenvalue weighted by molar-refractivity contribution is 7.17. The molecule has 1 aliphatic carbocycles. The molecule has 0 bridgehead atoms. The SMILES string of the molecule is CN(CC(=O)NC1CC1)C(=O)/C=C/c1ccc(Cl)s1. The monoisotopic (exact) mass is 298 g/mol. The number of thiophene rings is 1. The molecule has 1 aromatic heterocycles. The number of amides is 2. The quantitative estimate of drug-likeness (QED) is 0.847. The van der Waals surface area contributed by atoms with E-state index in [0.717, 1.165) is 17.7 Å². The molecule has 1 heterocycles. The van der Waals surface area contributed by atoms with E-state index in [0.29, 0.717) is 10.4 Å². The summed E-state index contributed by atoms with van der Waals surface area (Å²) in [7, 11) is 1.61. The highest BCUT2D eigenvalue weighted by atomic mass is 35.5. The molecule has 0 spiro atoms. The first-order chi connectivity index (χ1) is 9.04. The fourth-order valence-corrected chi connectivity index (χ4v) is 2.46. The van der Waals surface area contributed by atoms with Crippen LogP contribution in [0.15, 0.2) is 18.2 Å².